The molecule has 3 atom stereocenters. The van der Waals surface area contributed by atoms with Gasteiger partial charge in [-0.3, -0.25) is 4.79 Å². The Morgan fingerprint density at radius 1 is 1.23 bits per heavy atom. The van der Waals surface area contributed by atoms with Crippen LogP contribution in [0.3, 0.4) is 0 Å². The molecule has 3 aromatic rings. The van der Waals surface area contributed by atoms with Crippen molar-refractivity contribution in [2.75, 3.05) is 19.6 Å². The summed E-state index contributed by atoms with van der Waals surface area (Å²) in [6.45, 7) is 2.48. The van der Waals surface area contributed by atoms with Gasteiger partial charge in [0.05, 0.1) is 21.8 Å². The van der Waals surface area contributed by atoms with Crippen LogP contribution in [0.2, 0.25) is 0 Å². The zero-order chi connectivity index (χ0) is 17.7. The number of nitrogens with zero attached hydrogens (tertiary/aromatic N) is 2. The van der Waals surface area contributed by atoms with Crippen molar-refractivity contribution in [3.8, 4) is 0 Å². The molecule has 2 fully saturated rings. The Balaban J connectivity index is 1.54. The highest BCUT2D eigenvalue weighted by atomic mass is 32.1. The van der Waals surface area contributed by atoms with Gasteiger partial charge in [0.25, 0.3) is 5.91 Å². The second-order valence-electron chi connectivity index (χ2n) is 7.07. The molecule has 4 nitrogen and oxygen atoms in total. The molecule has 2 aliphatic heterocycles. The van der Waals surface area contributed by atoms with Crippen molar-refractivity contribution in [1.29, 1.82) is 0 Å². The number of carbonyl (C=O) groups is 1. The number of likely N-dealkylation sites (tertiary alicyclic amines) is 1. The van der Waals surface area contributed by atoms with E-state index in [0.717, 1.165) is 28.9 Å². The topological polar surface area (TPSA) is 45.2 Å². The monoisotopic (exact) mass is 367 g/mol. The van der Waals surface area contributed by atoms with E-state index in [2.05, 4.69) is 10.3 Å². The van der Waals surface area contributed by atoms with E-state index in [1.165, 1.54) is 17.4 Å². The van der Waals surface area contributed by atoms with Crippen molar-refractivity contribution in [1.82, 2.24) is 15.2 Å². The Hall–Kier alpha value is -2.31. The molecule has 0 unspecified atom stereocenters. The van der Waals surface area contributed by atoms with Crippen LogP contribution in [0, 0.1) is 17.7 Å². The molecule has 3 heterocycles. The summed E-state index contributed by atoms with van der Waals surface area (Å²) in [5, 5.41) is 3.42. The lowest BCUT2D eigenvalue weighted by Crippen LogP contribution is -2.34. The molecule has 1 N–H and O–H groups in total. The number of thiazole rings is 1. The Morgan fingerprint density at radius 2 is 2.15 bits per heavy atom. The van der Waals surface area contributed by atoms with Gasteiger partial charge in [0.15, 0.2) is 0 Å². The highest BCUT2D eigenvalue weighted by Crippen LogP contribution is 2.43. The van der Waals surface area contributed by atoms with E-state index in [1.54, 1.807) is 17.6 Å². The summed E-state index contributed by atoms with van der Waals surface area (Å²) in [7, 11) is 0. The van der Waals surface area contributed by atoms with Crippen molar-refractivity contribution >= 4 is 27.5 Å². The van der Waals surface area contributed by atoms with E-state index in [-0.39, 0.29) is 17.8 Å². The normalized spacial score (nSPS) is 25.0. The smallest absolute Gasteiger partial charge is 0.254 e. The summed E-state index contributed by atoms with van der Waals surface area (Å²) in [5.41, 5.74) is 4.26. The minimum atomic E-state index is -0.254. The highest BCUT2D eigenvalue weighted by Gasteiger charge is 2.46. The number of halogens is 1. The third-order valence-corrected chi connectivity index (χ3v) is 6.39. The number of hydrogen-bond acceptors (Lipinski definition) is 4. The van der Waals surface area contributed by atoms with Crippen LogP contribution in [-0.4, -0.2) is 35.4 Å². The SMILES string of the molecule is O=C(c1ccc2ncsc2c1)N1C[C@@H]2CNC[C@@H]2[C@H]1c1cccc(F)c1. The van der Waals surface area contributed by atoms with Gasteiger partial charge in [0, 0.05) is 31.1 Å². The first kappa shape index (κ1) is 15.9. The molecule has 2 aliphatic rings. The molecule has 0 spiro atoms. The Labute approximate surface area is 154 Å². The van der Waals surface area contributed by atoms with Crippen LogP contribution in [0.5, 0.6) is 0 Å². The average molecular weight is 367 g/mol. The van der Waals surface area contributed by atoms with Crippen LogP contribution in [0.1, 0.15) is 22.0 Å². The largest absolute Gasteiger partial charge is 0.331 e. The molecule has 1 aromatic heterocycles. The summed E-state index contributed by atoms with van der Waals surface area (Å²) in [6, 6.07) is 12.3. The highest BCUT2D eigenvalue weighted by molar-refractivity contribution is 7.16. The summed E-state index contributed by atoms with van der Waals surface area (Å²) in [4.78, 5) is 19.5. The van der Waals surface area contributed by atoms with E-state index >= 15 is 0 Å². The van der Waals surface area contributed by atoms with E-state index in [0.29, 0.717) is 23.9 Å². The first-order chi connectivity index (χ1) is 12.7. The third-order valence-electron chi connectivity index (χ3n) is 5.59. The van der Waals surface area contributed by atoms with E-state index in [4.69, 9.17) is 0 Å². The van der Waals surface area contributed by atoms with Crippen LogP contribution in [0.25, 0.3) is 10.2 Å². The zero-order valence-electron chi connectivity index (χ0n) is 14.1. The van der Waals surface area contributed by atoms with E-state index in [1.807, 2.05) is 29.2 Å². The molecule has 6 heteroatoms. The lowest BCUT2D eigenvalue weighted by Gasteiger charge is -2.28. The molecule has 132 valence electrons. The standard InChI is InChI=1S/C20H18FN3OS/c21-15-3-1-2-12(6-15)19-16-9-22-8-14(16)10-24(19)20(25)13-4-5-17-18(7-13)26-11-23-17/h1-7,11,14,16,19,22H,8-10H2/t14-,16-,19+/m0/s1. The van der Waals surface area contributed by atoms with Crippen LogP contribution in [-0.2, 0) is 0 Å². The third kappa shape index (κ3) is 2.52. The maximum Gasteiger partial charge on any atom is 0.254 e. The molecule has 0 bridgehead atoms. The van der Waals surface area contributed by atoms with Gasteiger partial charge in [-0.15, -0.1) is 11.3 Å². The second kappa shape index (κ2) is 6.14. The maximum absolute atomic E-state index is 13.8. The number of benzene rings is 2. The van der Waals surface area contributed by atoms with Crippen LogP contribution in [0.15, 0.2) is 48.0 Å². The van der Waals surface area contributed by atoms with Gasteiger partial charge in [-0.25, -0.2) is 9.37 Å². The number of rotatable bonds is 2. The van der Waals surface area contributed by atoms with Crippen molar-refractivity contribution in [3.05, 3.63) is 64.9 Å². The van der Waals surface area contributed by atoms with Gasteiger partial charge in [-0.1, -0.05) is 12.1 Å². The minimum Gasteiger partial charge on any atom is -0.331 e. The Kier molecular flexibility index (Phi) is 3.76. The number of aromatic nitrogens is 1. The second-order valence-corrected chi connectivity index (χ2v) is 7.96. The molecule has 2 saturated heterocycles. The number of nitrogens with one attached hydrogen (secondary N) is 1. The number of carbonyl (C=O) groups excluding carboxylic acids is 1. The average Bonchev–Trinajstić information content (AvgIpc) is 3.35. The summed E-state index contributed by atoms with van der Waals surface area (Å²) in [6.07, 6.45) is 0. The van der Waals surface area contributed by atoms with Crippen molar-refractivity contribution < 1.29 is 9.18 Å². The fourth-order valence-electron chi connectivity index (χ4n) is 4.40. The van der Waals surface area contributed by atoms with Crippen molar-refractivity contribution in [3.63, 3.8) is 0 Å². The predicted molar refractivity (Wildman–Crippen MR) is 99.6 cm³/mol. The van der Waals surface area contributed by atoms with E-state index in [9.17, 15) is 9.18 Å². The molecular weight excluding hydrogens is 349 g/mol. The molecule has 26 heavy (non-hydrogen) atoms. The van der Waals surface area contributed by atoms with Gasteiger partial charge < -0.3 is 10.2 Å². The summed E-state index contributed by atoms with van der Waals surface area (Å²) >= 11 is 1.54. The quantitative estimate of drug-likeness (QED) is 0.754. The number of hydrogen-bond donors (Lipinski definition) is 1. The molecule has 0 aliphatic carbocycles. The first-order valence-electron chi connectivity index (χ1n) is 8.81. The predicted octanol–water partition coefficient (Wildman–Crippen LogP) is 3.47. The molecule has 1 amide bonds. The van der Waals surface area contributed by atoms with E-state index < -0.39 is 0 Å². The van der Waals surface area contributed by atoms with Crippen LogP contribution >= 0.6 is 11.3 Å². The molecule has 0 saturated carbocycles. The lowest BCUT2D eigenvalue weighted by molar-refractivity contribution is 0.0714. The van der Waals surface area contributed by atoms with Crippen molar-refractivity contribution in [2.24, 2.45) is 11.8 Å². The first-order valence-corrected chi connectivity index (χ1v) is 9.69. The minimum absolute atomic E-state index is 0.0176. The van der Waals surface area contributed by atoms with Crippen LogP contribution < -0.4 is 5.32 Å². The van der Waals surface area contributed by atoms with Gasteiger partial charge >= 0.3 is 0 Å². The summed E-state index contributed by atoms with van der Waals surface area (Å²) in [5.74, 6) is 0.506. The van der Waals surface area contributed by atoms with Gasteiger partial charge in [-0.05, 0) is 41.8 Å². The zero-order valence-corrected chi connectivity index (χ0v) is 14.9. The molecule has 2 aromatic carbocycles. The number of fused-ring (bicyclic) bond motifs is 2. The molecule has 5 rings (SSSR count). The molecule has 0 radical (unpaired) electrons. The van der Waals surface area contributed by atoms with Gasteiger partial charge in [-0.2, -0.15) is 0 Å². The summed E-state index contributed by atoms with van der Waals surface area (Å²) < 4.78 is 14.8. The maximum atomic E-state index is 13.8. The Bertz CT molecular complexity index is 988. The van der Waals surface area contributed by atoms with Crippen LogP contribution in [0.4, 0.5) is 4.39 Å². The van der Waals surface area contributed by atoms with Crippen molar-refractivity contribution in [2.45, 2.75) is 6.04 Å². The van der Waals surface area contributed by atoms with Gasteiger partial charge in [0.1, 0.15) is 5.82 Å². The Morgan fingerprint density at radius 3 is 3.04 bits per heavy atom. The fourth-order valence-corrected chi connectivity index (χ4v) is 5.12. The number of amides is 1. The fraction of sp³-hybridized carbons (Fsp3) is 0.300. The van der Waals surface area contributed by atoms with Gasteiger partial charge in [0.2, 0.25) is 0 Å². The lowest BCUT2D eigenvalue weighted by atomic mass is 9.89. The molecular formula is C20H18FN3OS.